The zero-order valence-electron chi connectivity index (χ0n) is 12.0. The summed E-state index contributed by atoms with van der Waals surface area (Å²) in [5.74, 6) is 3.37. The van der Waals surface area contributed by atoms with Crippen LogP contribution in [0.2, 0.25) is 0 Å². The van der Waals surface area contributed by atoms with Crippen molar-refractivity contribution in [2.45, 2.75) is 19.3 Å². The van der Waals surface area contributed by atoms with Crippen molar-refractivity contribution in [3.05, 3.63) is 35.6 Å². The number of carbonyl (C=O) groups excluding carboxylic acids is 2. The second-order valence-electron chi connectivity index (χ2n) is 4.30. The number of carbonyl (C=O) groups is 2. The average Bonchev–Trinajstić information content (AvgIpc) is 2.51. The SMILES string of the molecule is COC(=O)C(CCCC#Cc1ccc(F)cc1)C(=O)OC. The standard InChI is InChI=1S/C16H17FO4/c1-20-15(18)14(16(19)21-2)7-5-3-4-6-12-8-10-13(17)11-9-12/h8-11,14H,3,5,7H2,1-2H3. The minimum Gasteiger partial charge on any atom is -0.468 e. The Labute approximate surface area is 123 Å². The molecule has 1 rings (SSSR count). The van der Waals surface area contributed by atoms with Crippen molar-refractivity contribution in [1.29, 1.82) is 0 Å². The molecule has 0 aliphatic carbocycles. The molecule has 0 amide bonds. The van der Waals surface area contributed by atoms with Crippen LogP contribution in [0.1, 0.15) is 24.8 Å². The highest BCUT2D eigenvalue weighted by molar-refractivity contribution is 5.94. The van der Waals surface area contributed by atoms with E-state index in [1.165, 1.54) is 26.4 Å². The maximum Gasteiger partial charge on any atom is 0.320 e. The molecular formula is C16H17FO4. The lowest BCUT2D eigenvalue weighted by Gasteiger charge is -2.10. The highest BCUT2D eigenvalue weighted by Gasteiger charge is 2.27. The quantitative estimate of drug-likeness (QED) is 0.362. The molecule has 0 aromatic heterocycles. The van der Waals surface area contributed by atoms with Gasteiger partial charge in [-0.25, -0.2) is 4.39 Å². The second kappa shape index (κ2) is 8.75. The van der Waals surface area contributed by atoms with Crippen LogP contribution in [0.5, 0.6) is 0 Å². The fourth-order valence-electron chi connectivity index (χ4n) is 1.71. The van der Waals surface area contributed by atoms with Gasteiger partial charge in [-0.1, -0.05) is 11.8 Å². The van der Waals surface area contributed by atoms with Gasteiger partial charge in [-0.3, -0.25) is 9.59 Å². The van der Waals surface area contributed by atoms with E-state index in [1.54, 1.807) is 12.1 Å². The first-order valence-electron chi connectivity index (χ1n) is 6.48. The van der Waals surface area contributed by atoms with E-state index in [4.69, 9.17) is 0 Å². The summed E-state index contributed by atoms with van der Waals surface area (Å²) in [7, 11) is 2.46. The topological polar surface area (TPSA) is 52.6 Å². The molecule has 0 bridgehead atoms. The monoisotopic (exact) mass is 292 g/mol. The average molecular weight is 292 g/mol. The van der Waals surface area contributed by atoms with Crippen molar-refractivity contribution in [3.8, 4) is 11.8 Å². The van der Waals surface area contributed by atoms with Crippen molar-refractivity contribution in [2.75, 3.05) is 14.2 Å². The fraction of sp³-hybridized carbons (Fsp3) is 0.375. The lowest BCUT2D eigenvalue weighted by Crippen LogP contribution is -2.26. The van der Waals surface area contributed by atoms with Crippen LogP contribution in [0.3, 0.4) is 0 Å². The van der Waals surface area contributed by atoms with Gasteiger partial charge in [0, 0.05) is 12.0 Å². The molecule has 0 atom stereocenters. The Balaban J connectivity index is 2.46. The number of esters is 2. The third-order valence-electron chi connectivity index (χ3n) is 2.84. The molecule has 112 valence electrons. The number of rotatable bonds is 5. The lowest BCUT2D eigenvalue weighted by molar-refractivity contribution is -0.159. The fourth-order valence-corrected chi connectivity index (χ4v) is 1.71. The maximum atomic E-state index is 12.7. The van der Waals surface area contributed by atoms with E-state index >= 15 is 0 Å². The van der Waals surface area contributed by atoms with Crippen molar-refractivity contribution < 1.29 is 23.5 Å². The van der Waals surface area contributed by atoms with Crippen LogP contribution in [0, 0.1) is 23.6 Å². The van der Waals surface area contributed by atoms with Gasteiger partial charge < -0.3 is 9.47 Å². The van der Waals surface area contributed by atoms with E-state index in [-0.39, 0.29) is 5.82 Å². The Kier molecular flexibility index (Phi) is 6.96. The molecule has 0 heterocycles. The van der Waals surface area contributed by atoms with E-state index in [2.05, 4.69) is 21.3 Å². The van der Waals surface area contributed by atoms with Crippen molar-refractivity contribution in [1.82, 2.24) is 0 Å². The minimum absolute atomic E-state index is 0.306. The Morgan fingerprint density at radius 1 is 1.14 bits per heavy atom. The number of hydrogen-bond donors (Lipinski definition) is 0. The molecule has 0 saturated heterocycles. The molecule has 0 fully saturated rings. The summed E-state index contributed by atoms with van der Waals surface area (Å²) >= 11 is 0. The Morgan fingerprint density at radius 2 is 1.71 bits per heavy atom. The molecular weight excluding hydrogens is 275 g/mol. The van der Waals surface area contributed by atoms with Crippen LogP contribution < -0.4 is 0 Å². The highest BCUT2D eigenvalue weighted by Crippen LogP contribution is 2.12. The molecule has 0 aliphatic rings. The third-order valence-corrected chi connectivity index (χ3v) is 2.84. The Hall–Kier alpha value is -2.35. The van der Waals surface area contributed by atoms with Crippen LogP contribution in [-0.4, -0.2) is 26.2 Å². The maximum absolute atomic E-state index is 12.7. The zero-order valence-corrected chi connectivity index (χ0v) is 12.0. The van der Waals surface area contributed by atoms with E-state index < -0.39 is 17.9 Å². The Bertz CT molecular complexity index is 524. The Morgan fingerprint density at radius 3 is 2.24 bits per heavy atom. The largest absolute Gasteiger partial charge is 0.468 e. The number of unbranched alkanes of at least 4 members (excludes halogenated alkanes) is 1. The van der Waals surface area contributed by atoms with Gasteiger partial charge in [-0.2, -0.15) is 0 Å². The first-order chi connectivity index (χ1) is 10.1. The summed E-state index contributed by atoms with van der Waals surface area (Å²) in [5.41, 5.74) is 0.717. The molecule has 0 aliphatic heterocycles. The predicted molar refractivity (Wildman–Crippen MR) is 74.7 cm³/mol. The molecule has 1 aromatic rings. The molecule has 0 N–H and O–H groups in total. The number of ether oxygens (including phenoxy) is 2. The first kappa shape index (κ1) is 16.7. The molecule has 0 saturated carbocycles. The van der Waals surface area contributed by atoms with E-state index in [0.29, 0.717) is 24.8 Å². The summed E-state index contributed by atoms with van der Waals surface area (Å²) in [5, 5.41) is 0. The number of halogens is 1. The molecule has 5 heteroatoms. The third kappa shape index (κ3) is 5.65. The molecule has 4 nitrogen and oxygen atoms in total. The van der Waals surface area contributed by atoms with Gasteiger partial charge in [0.2, 0.25) is 0 Å². The zero-order chi connectivity index (χ0) is 15.7. The van der Waals surface area contributed by atoms with E-state index in [9.17, 15) is 14.0 Å². The van der Waals surface area contributed by atoms with Gasteiger partial charge in [-0.15, -0.1) is 0 Å². The van der Waals surface area contributed by atoms with Crippen LogP contribution in [-0.2, 0) is 19.1 Å². The van der Waals surface area contributed by atoms with Gasteiger partial charge in [0.25, 0.3) is 0 Å². The van der Waals surface area contributed by atoms with Crippen LogP contribution in [0.4, 0.5) is 4.39 Å². The molecule has 0 radical (unpaired) electrons. The summed E-state index contributed by atoms with van der Waals surface area (Å²) in [6, 6.07) is 5.87. The van der Waals surface area contributed by atoms with Crippen molar-refractivity contribution >= 4 is 11.9 Å². The minimum atomic E-state index is -0.910. The summed E-state index contributed by atoms with van der Waals surface area (Å²) in [4.78, 5) is 22.9. The molecule has 1 aromatic carbocycles. The summed E-state index contributed by atoms with van der Waals surface area (Å²) in [6.07, 6.45) is 1.39. The van der Waals surface area contributed by atoms with Gasteiger partial charge in [0.1, 0.15) is 5.82 Å². The van der Waals surface area contributed by atoms with E-state index in [0.717, 1.165) is 0 Å². The first-order valence-corrected chi connectivity index (χ1v) is 6.48. The van der Waals surface area contributed by atoms with Gasteiger partial charge in [0.05, 0.1) is 14.2 Å². The van der Waals surface area contributed by atoms with Gasteiger partial charge in [0.15, 0.2) is 5.92 Å². The number of hydrogen-bond acceptors (Lipinski definition) is 4. The predicted octanol–water partition coefficient (Wildman–Crippen LogP) is 2.31. The summed E-state index contributed by atoms with van der Waals surface area (Å²) in [6.45, 7) is 0. The van der Waals surface area contributed by atoms with Crippen molar-refractivity contribution in [3.63, 3.8) is 0 Å². The van der Waals surface area contributed by atoms with Crippen LogP contribution in [0.15, 0.2) is 24.3 Å². The number of benzene rings is 1. The van der Waals surface area contributed by atoms with Crippen molar-refractivity contribution in [2.24, 2.45) is 5.92 Å². The van der Waals surface area contributed by atoms with E-state index in [1.807, 2.05) is 0 Å². The van der Waals surface area contributed by atoms with Gasteiger partial charge >= 0.3 is 11.9 Å². The van der Waals surface area contributed by atoms with Crippen LogP contribution >= 0.6 is 0 Å². The second-order valence-corrected chi connectivity index (χ2v) is 4.30. The molecule has 0 spiro atoms. The number of methoxy groups -OCH3 is 2. The summed E-state index contributed by atoms with van der Waals surface area (Å²) < 4.78 is 21.8. The normalized spacial score (nSPS) is 9.71. The van der Waals surface area contributed by atoms with Gasteiger partial charge in [-0.05, 0) is 37.1 Å². The highest BCUT2D eigenvalue weighted by atomic mass is 19.1. The smallest absolute Gasteiger partial charge is 0.320 e. The molecule has 0 unspecified atom stereocenters. The lowest BCUT2D eigenvalue weighted by atomic mass is 10.0. The van der Waals surface area contributed by atoms with Crippen LogP contribution in [0.25, 0.3) is 0 Å². The molecule has 21 heavy (non-hydrogen) atoms.